The van der Waals surface area contributed by atoms with Gasteiger partial charge in [-0.3, -0.25) is 4.79 Å². The Bertz CT molecular complexity index is 657. The van der Waals surface area contributed by atoms with Crippen LogP contribution in [0.2, 0.25) is 0 Å². The Morgan fingerprint density at radius 3 is 2.29 bits per heavy atom. The van der Waals surface area contributed by atoms with Gasteiger partial charge in [0.2, 0.25) is 0 Å². The molecular weight excluding hydrogens is 270 g/mol. The highest BCUT2D eigenvalue weighted by Crippen LogP contribution is 2.39. The maximum atomic E-state index is 12.4. The Kier molecular flexibility index (Phi) is 4.18. The summed E-state index contributed by atoms with van der Waals surface area (Å²) >= 11 is 0. The fourth-order valence-corrected chi connectivity index (χ4v) is 1.95. The van der Waals surface area contributed by atoms with Crippen LogP contribution >= 0.6 is 0 Å². The number of anilines is 3. The molecule has 0 aliphatic heterocycles. The van der Waals surface area contributed by atoms with Gasteiger partial charge in [0, 0.05) is 5.69 Å². The van der Waals surface area contributed by atoms with Crippen LogP contribution in [0.4, 0.5) is 17.1 Å². The van der Waals surface area contributed by atoms with Gasteiger partial charge in [-0.25, -0.2) is 0 Å². The quantitative estimate of drug-likeness (QED) is 0.748. The summed E-state index contributed by atoms with van der Waals surface area (Å²) in [6.45, 7) is 0. The Balaban J connectivity index is 2.42. The normalized spacial score (nSPS) is 10.0. The van der Waals surface area contributed by atoms with Crippen molar-refractivity contribution < 1.29 is 14.3 Å². The first-order valence-corrected chi connectivity index (χ1v) is 6.24. The number of nitrogens with two attached hydrogens (primary N) is 2. The topological polar surface area (TPSA) is 99.6 Å². The van der Waals surface area contributed by atoms with E-state index in [1.54, 1.807) is 12.1 Å². The van der Waals surface area contributed by atoms with Crippen LogP contribution in [-0.4, -0.2) is 20.1 Å². The highest BCUT2D eigenvalue weighted by Gasteiger charge is 2.20. The summed E-state index contributed by atoms with van der Waals surface area (Å²) in [6, 6.07) is 10.6. The van der Waals surface area contributed by atoms with Gasteiger partial charge >= 0.3 is 0 Å². The summed E-state index contributed by atoms with van der Waals surface area (Å²) in [5.41, 5.74) is 13.1. The summed E-state index contributed by atoms with van der Waals surface area (Å²) in [5, 5.41) is 2.76. The molecule has 0 bridgehead atoms. The Labute approximate surface area is 122 Å². The Morgan fingerprint density at radius 2 is 1.71 bits per heavy atom. The smallest absolute Gasteiger partial charge is 0.259 e. The van der Waals surface area contributed by atoms with Crippen molar-refractivity contribution in [2.75, 3.05) is 31.0 Å². The highest BCUT2D eigenvalue weighted by molar-refractivity contribution is 6.08. The number of para-hydroxylation sites is 1. The first-order chi connectivity index (χ1) is 10.1. The van der Waals surface area contributed by atoms with E-state index in [4.69, 9.17) is 20.9 Å². The molecule has 5 N–H and O–H groups in total. The fraction of sp³-hybridized carbons (Fsp3) is 0.133. The van der Waals surface area contributed by atoms with Crippen molar-refractivity contribution in [1.82, 2.24) is 0 Å². The average molecular weight is 287 g/mol. The molecule has 2 rings (SSSR count). The number of hydrogen-bond acceptors (Lipinski definition) is 5. The molecule has 0 spiro atoms. The van der Waals surface area contributed by atoms with Crippen LogP contribution in [0.15, 0.2) is 36.4 Å². The first-order valence-electron chi connectivity index (χ1n) is 6.24. The lowest BCUT2D eigenvalue weighted by molar-refractivity contribution is 0.102. The van der Waals surface area contributed by atoms with Crippen molar-refractivity contribution in [2.45, 2.75) is 0 Å². The SMILES string of the molecule is COc1cc(C(=O)Nc2ccccc2)c(OC)c(N)c1N. The van der Waals surface area contributed by atoms with Crippen LogP contribution in [0, 0.1) is 0 Å². The molecule has 0 aliphatic carbocycles. The zero-order valence-corrected chi connectivity index (χ0v) is 11.8. The molecule has 0 saturated carbocycles. The van der Waals surface area contributed by atoms with Gasteiger partial charge in [-0.15, -0.1) is 0 Å². The molecule has 0 unspecified atom stereocenters. The predicted octanol–water partition coefficient (Wildman–Crippen LogP) is 2.12. The Morgan fingerprint density at radius 1 is 1.05 bits per heavy atom. The second-order valence-electron chi connectivity index (χ2n) is 4.31. The minimum atomic E-state index is -0.358. The lowest BCUT2D eigenvalue weighted by Crippen LogP contribution is -2.15. The van der Waals surface area contributed by atoms with Gasteiger partial charge in [-0.2, -0.15) is 0 Å². The number of nitrogens with one attached hydrogen (secondary N) is 1. The van der Waals surface area contributed by atoms with E-state index in [1.165, 1.54) is 20.3 Å². The molecule has 0 heterocycles. The molecule has 6 nitrogen and oxygen atoms in total. The third-order valence-corrected chi connectivity index (χ3v) is 3.02. The number of carbonyl (C=O) groups excluding carboxylic acids is 1. The van der Waals surface area contributed by atoms with E-state index in [-0.39, 0.29) is 28.6 Å². The summed E-state index contributed by atoms with van der Waals surface area (Å²) in [4.78, 5) is 12.4. The van der Waals surface area contributed by atoms with Gasteiger partial charge < -0.3 is 26.3 Å². The van der Waals surface area contributed by atoms with Crippen molar-refractivity contribution in [3.8, 4) is 11.5 Å². The molecular formula is C15H17N3O3. The van der Waals surface area contributed by atoms with Crippen molar-refractivity contribution in [1.29, 1.82) is 0 Å². The minimum absolute atomic E-state index is 0.176. The van der Waals surface area contributed by atoms with Gasteiger partial charge in [0.15, 0.2) is 5.75 Å². The van der Waals surface area contributed by atoms with Crippen molar-refractivity contribution in [3.05, 3.63) is 42.0 Å². The molecule has 6 heteroatoms. The maximum absolute atomic E-state index is 12.4. The van der Waals surface area contributed by atoms with Gasteiger partial charge in [-0.05, 0) is 18.2 Å². The zero-order valence-electron chi connectivity index (χ0n) is 11.8. The number of nitrogen functional groups attached to an aromatic ring is 2. The van der Waals surface area contributed by atoms with Crippen molar-refractivity contribution >= 4 is 23.0 Å². The second kappa shape index (κ2) is 6.04. The monoisotopic (exact) mass is 287 g/mol. The zero-order chi connectivity index (χ0) is 15.4. The first kappa shape index (κ1) is 14.5. The number of hydrogen-bond donors (Lipinski definition) is 3. The largest absolute Gasteiger partial charge is 0.494 e. The molecule has 0 aromatic heterocycles. The van der Waals surface area contributed by atoms with Gasteiger partial charge in [0.1, 0.15) is 17.1 Å². The molecule has 1 amide bonds. The summed E-state index contributed by atoms with van der Waals surface area (Å²) < 4.78 is 10.3. The highest BCUT2D eigenvalue weighted by atomic mass is 16.5. The van der Waals surface area contributed by atoms with Crippen molar-refractivity contribution in [3.63, 3.8) is 0 Å². The second-order valence-corrected chi connectivity index (χ2v) is 4.31. The van der Waals surface area contributed by atoms with E-state index in [9.17, 15) is 4.79 Å². The number of benzene rings is 2. The molecule has 2 aromatic carbocycles. The maximum Gasteiger partial charge on any atom is 0.259 e. The molecule has 2 aromatic rings. The van der Waals surface area contributed by atoms with Crippen LogP contribution < -0.4 is 26.3 Å². The number of rotatable bonds is 4. The number of methoxy groups -OCH3 is 2. The van der Waals surface area contributed by atoms with Crippen LogP contribution in [0.1, 0.15) is 10.4 Å². The lowest BCUT2D eigenvalue weighted by Gasteiger charge is -2.15. The average Bonchev–Trinajstić information content (AvgIpc) is 2.50. The fourth-order valence-electron chi connectivity index (χ4n) is 1.95. The molecule has 0 saturated heterocycles. The standard InChI is InChI=1S/C15H17N3O3/c1-20-11-8-10(14(21-2)13(17)12(11)16)15(19)18-9-6-4-3-5-7-9/h3-8H,16-17H2,1-2H3,(H,18,19). The van der Waals surface area contributed by atoms with Gasteiger partial charge in [0.05, 0.1) is 19.8 Å². The summed E-state index contributed by atoms with van der Waals surface area (Å²) in [7, 11) is 2.88. The molecule has 21 heavy (non-hydrogen) atoms. The van der Waals surface area contributed by atoms with E-state index in [1.807, 2.05) is 18.2 Å². The molecule has 0 fully saturated rings. The van der Waals surface area contributed by atoms with E-state index < -0.39 is 0 Å². The van der Waals surface area contributed by atoms with Crippen LogP contribution in [0.5, 0.6) is 11.5 Å². The Hall–Kier alpha value is -2.89. The summed E-state index contributed by atoms with van der Waals surface area (Å²) in [6.07, 6.45) is 0. The van der Waals surface area contributed by atoms with E-state index in [0.717, 1.165) is 0 Å². The van der Waals surface area contributed by atoms with E-state index in [2.05, 4.69) is 5.32 Å². The molecule has 0 atom stereocenters. The molecule has 110 valence electrons. The van der Waals surface area contributed by atoms with Crippen LogP contribution in [0.3, 0.4) is 0 Å². The van der Waals surface area contributed by atoms with Gasteiger partial charge in [0.25, 0.3) is 5.91 Å². The lowest BCUT2D eigenvalue weighted by atomic mass is 10.1. The number of carbonyl (C=O) groups is 1. The third kappa shape index (κ3) is 2.84. The van der Waals surface area contributed by atoms with Crippen molar-refractivity contribution in [2.24, 2.45) is 0 Å². The third-order valence-electron chi connectivity index (χ3n) is 3.02. The van der Waals surface area contributed by atoms with Crippen LogP contribution in [0.25, 0.3) is 0 Å². The minimum Gasteiger partial charge on any atom is -0.494 e. The van der Waals surface area contributed by atoms with Crippen LogP contribution in [-0.2, 0) is 0 Å². The number of ether oxygens (including phenoxy) is 2. The van der Waals surface area contributed by atoms with E-state index >= 15 is 0 Å². The molecule has 0 aliphatic rings. The molecule has 0 radical (unpaired) electrons. The predicted molar refractivity (Wildman–Crippen MR) is 82.8 cm³/mol. The van der Waals surface area contributed by atoms with E-state index in [0.29, 0.717) is 11.4 Å². The van der Waals surface area contributed by atoms with Gasteiger partial charge in [-0.1, -0.05) is 18.2 Å². The summed E-state index contributed by atoms with van der Waals surface area (Å²) in [5.74, 6) is 0.191. The number of amides is 1.